The van der Waals surface area contributed by atoms with Crippen LogP contribution in [0.4, 0.5) is 10.1 Å². The number of nitrogens with two attached hydrogens (primary N) is 1. The second-order valence-electron chi connectivity index (χ2n) is 7.61. The maximum atomic E-state index is 13.7. The van der Waals surface area contributed by atoms with E-state index in [9.17, 15) is 14.0 Å². The second-order valence-corrected chi connectivity index (χ2v) is 8.02. The Balaban J connectivity index is 1.61. The van der Waals surface area contributed by atoms with Gasteiger partial charge in [0.25, 0.3) is 5.91 Å². The molecular weight excluding hydrogens is 433 g/mol. The Morgan fingerprint density at radius 2 is 2.03 bits per heavy atom. The van der Waals surface area contributed by atoms with E-state index in [1.165, 1.54) is 6.07 Å². The number of carbonyl (C=O) groups is 2. The molecule has 1 aromatic heterocycles. The molecule has 3 aromatic rings. The van der Waals surface area contributed by atoms with Gasteiger partial charge in [-0.1, -0.05) is 29.8 Å². The molecule has 32 heavy (non-hydrogen) atoms. The van der Waals surface area contributed by atoms with E-state index in [1.54, 1.807) is 46.8 Å². The van der Waals surface area contributed by atoms with Crippen molar-refractivity contribution in [3.05, 3.63) is 81.0 Å². The highest BCUT2D eigenvalue weighted by Gasteiger charge is 2.29. The van der Waals surface area contributed by atoms with E-state index in [1.807, 2.05) is 0 Å². The summed E-state index contributed by atoms with van der Waals surface area (Å²) in [6, 6.07) is 9.41. The standard InChI is InChI=1S/C23H19ClFN5O2/c1-13-9-15(4-5-17(13)25)22-21(23(26)32)19-12-29(7-8-30(19)28-22)20(31)11-14-3-6-18(27-2)16(24)10-14/h3-6,9-10H,7-8,11-12H2,1H3,(H2,26,32). The molecule has 0 spiro atoms. The van der Waals surface area contributed by atoms with Gasteiger partial charge >= 0.3 is 0 Å². The zero-order chi connectivity index (χ0) is 23.0. The zero-order valence-corrected chi connectivity index (χ0v) is 18.0. The van der Waals surface area contributed by atoms with Crippen molar-refractivity contribution >= 4 is 29.1 Å². The van der Waals surface area contributed by atoms with Crippen molar-refractivity contribution < 1.29 is 14.0 Å². The molecule has 4 rings (SSSR count). The number of aromatic nitrogens is 2. The number of hydrogen-bond donors (Lipinski definition) is 1. The fourth-order valence-electron chi connectivity index (χ4n) is 3.82. The molecule has 0 fully saturated rings. The zero-order valence-electron chi connectivity index (χ0n) is 17.2. The molecule has 1 aliphatic rings. The van der Waals surface area contributed by atoms with E-state index < -0.39 is 5.91 Å². The number of benzene rings is 2. The summed E-state index contributed by atoms with van der Waals surface area (Å²) in [6.07, 6.45) is 0.113. The van der Waals surface area contributed by atoms with Crippen LogP contribution in [0.1, 0.15) is 27.2 Å². The summed E-state index contributed by atoms with van der Waals surface area (Å²) in [5, 5.41) is 4.83. The minimum atomic E-state index is -0.654. The van der Waals surface area contributed by atoms with Gasteiger partial charge in [-0.15, -0.1) is 0 Å². The Morgan fingerprint density at radius 1 is 1.25 bits per heavy atom. The molecule has 2 heterocycles. The molecule has 1 aliphatic heterocycles. The van der Waals surface area contributed by atoms with E-state index in [0.29, 0.717) is 51.9 Å². The van der Waals surface area contributed by atoms with Gasteiger partial charge in [0, 0.05) is 17.1 Å². The summed E-state index contributed by atoms with van der Waals surface area (Å²) in [7, 11) is 0. The van der Waals surface area contributed by atoms with Crippen LogP contribution in [0.25, 0.3) is 16.1 Å². The van der Waals surface area contributed by atoms with Gasteiger partial charge in [-0.3, -0.25) is 14.3 Å². The average Bonchev–Trinajstić information content (AvgIpc) is 3.14. The lowest BCUT2D eigenvalue weighted by Gasteiger charge is -2.28. The fourth-order valence-corrected chi connectivity index (χ4v) is 4.07. The lowest BCUT2D eigenvalue weighted by atomic mass is 10.0. The molecule has 9 heteroatoms. The number of rotatable bonds is 4. The minimum absolute atomic E-state index is 0.113. The molecule has 7 nitrogen and oxygen atoms in total. The molecule has 0 aliphatic carbocycles. The molecule has 2 aromatic carbocycles. The third-order valence-corrected chi connectivity index (χ3v) is 5.80. The van der Waals surface area contributed by atoms with Crippen molar-refractivity contribution in [3.63, 3.8) is 0 Å². The highest BCUT2D eigenvalue weighted by Crippen LogP contribution is 2.30. The number of fused-ring (bicyclic) bond motifs is 1. The van der Waals surface area contributed by atoms with E-state index >= 15 is 0 Å². The second kappa shape index (κ2) is 8.44. The number of aryl methyl sites for hydroxylation is 1. The van der Waals surface area contributed by atoms with Crippen molar-refractivity contribution in [2.75, 3.05) is 6.54 Å². The molecule has 2 N–H and O–H groups in total. The van der Waals surface area contributed by atoms with Gasteiger partial charge in [0.2, 0.25) is 11.6 Å². The van der Waals surface area contributed by atoms with E-state index in [2.05, 4.69) is 9.94 Å². The molecule has 162 valence electrons. The van der Waals surface area contributed by atoms with Crippen molar-refractivity contribution in [2.45, 2.75) is 26.4 Å². The van der Waals surface area contributed by atoms with Crippen LogP contribution in [-0.2, 0) is 24.3 Å². The van der Waals surface area contributed by atoms with E-state index in [0.717, 1.165) is 0 Å². The highest BCUT2D eigenvalue weighted by molar-refractivity contribution is 6.33. The quantitative estimate of drug-likeness (QED) is 0.611. The van der Waals surface area contributed by atoms with Crippen LogP contribution in [-0.4, -0.2) is 33.0 Å². The van der Waals surface area contributed by atoms with Crippen molar-refractivity contribution in [1.82, 2.24) is 14.7 Å². The molecular formula is C23H19ClFN5O2. The van der Waals surface area contributed by atoms with Crippen LogP contribution in [0.5, 0.6) is 0 Å². The highest BCUT2D eigenvalue weighted by atomic mass is 35.5. The van der Waals surface area contributed by atoms with Crippen LogP contribution in [0.15, 0.2) is 36.4 Å². The molecule has 0 saturated carbocycles. The molecule has 0 atom stereocenters. The third-order valence-electron chi connectivity index (χ3n) is 5.50. The van der Waals surface area contributed by atoms with Gasteiger partial charge < -0.3 is 10.6 Å². The molecule has 0 bridgehead atoms. The van der Waals surface area contributed by atoms with Crippen LogP contribution >= 0.6 is 11.6 Å². The Morgan fingerprint density at radius 3 is 2.69 bits per heavy atom. The van der Waals surface area contributed by atoms with Gasteiger partial charge in [0.1, 0.15) is 11.5 Å². The number of amides is 2. The van der Waals surface area contributed by atoms with Crippen molar-refractivity contribution in [2.24, 2.45) is 5.73 Å². The van der Waals surface area contributed by atoms with Crippen molar-refractivity contribution in [3.8, 4) is 11.3 Å². The number of hydrogen-bond acceptors (Lipinski definition) is 3. The minimum Gasteiger partial charge on any atom is -0.365 e. The third kappa shape index (κ3) is 3.95. The summed E-state index contributed by atoms with van der Waals surface area (Å²) >= 11 is 6.08. The molecule has 0 unspecified atom stereocenters. The van der Waals surface area contributed by atoms with Crippen LogP contribution in [0.2, 0.25) is 5.02 Å². The number of carbonyl (C=O) groups excluding carboxylic acids is 2. The van der Waals surface area contributed by atoms with E-state index in [-0.39, 0.29) is 30.3 Å². The largest absolute Gasteiger partial charge is 0.365 e. The normalized spacial score (nSPS) is 12.9. The smallest absolute Gasteiger partial charge is 0.252 e. The first kappa shape index (κ1) is 21.5. The first-order valence-corrected chi connectivity index (χ1v) is 10.3. The lowest BCUT2D eigenvalue weighted by Crippen LogP contribution is -2.40. The molecule has 0 saturated heterocycles. The molecule has 2 amide bonds. The maximum absolute atomic E-state index is 13.7. The summed E-state index contributed by atoms with van der Waals surface area (Å²) in [5.41, 5.74) is 8.89. The predicted octanol–water partition coefficient (Wildman–Crippen LogP) is 3.89. The van der Waals surface area contributed by atoms with Crippen molar-refractivity contribution in [1.29, 1.82) is 0 Å². The fraction of sp³-hybridized carbons (Fsp3) is 0.217. The van der Waals surface area contributed by atoms with Gasteiger partial charge in [0.15, 0.2) is 0 Å². The van der Waals surface area contributed by atoms with Gasteiger partial charge in [0.05, 0.1) is 37.3 Å². The number of primary amides is 1. The SMILES string of the molecule is [C-]#[N+]c1ccc(CC(=O)N2CCn3nc(-c4ccc(F)c(C)c4)c(C(N)=O)c3C2)cc1Cl. The average molecular weight is 452 g/mol. The first-order valence-electron chi connectivity index (χ1n) is 9.88. The lowest BCUT2D eigenvalue weighted by molar-refractivity contribution is -0.132. The molecule has 0 radical (unpaired) electrons. The Kier molecular flexibility index (Phi) is 5.68. The summed E-state index contributed by atoms with van der Waals surface area (Å²) in [6.45, 7) is 9.70. The van der Waals surface area contributed by atoms with Gasteiger partial charge in [-0.2, -0.15) is 5.10 Å². The topological polar surface area (TPSA) is 85.6 Å². The van der Waals surface area contributed by atoms with Crippen LogP contribution in [0.3, 0.4) is 0 Å². The number of halogens is 2. The van der Waals surface area contributed by atoms with Crippen LogP contribution < -0.4 is 5.73 Å². The summed E-state index contributed by atoms with van der Waals surface area (Å²) in [5.74, 6) is -1.14. The number of nitrogens with zero attached hydrogens (tertiary/aromatic N) is 4. The first-order chi connectivity index (χ1) is 15.3. The van der Waals surface area contributed by atoms with Gasteiger partial charge in [-0.05, 0) is 36.2 Å². The van der Waals surface area contributed by atoms with E-state index in [4.69, 9.17) is 23.9 Å². The maximum Gasteiger partial charge on any atom is 0.252 e. The summed E-state index contributed by atoms with van der Waals surface area (Å²) < 4.78 is 15.4. The Labute approximate surface area is 189 Å². The Hall–Kier alpha value is -3.70. The Bertz CT molecular complexity index is 1290. The van der Waals surface area contributed by atoms with Crippen LogP contribution in [0, 0.1) is 19.3 Å². The summed E-state index contributed by atoms with van der Waals surface area (Å²) in [4.78, 5) is 30.2. The van der Waals surface area contributed by atoms with Gasteiger partial charge in [-0.25, -0.2) is 9.24 Å². The monoisotopic (exact) mass is 451 g/mol. The predicted molar refractivity (Wildman–Crippen MR) is 118 cm³/mol.